The highest BCUT2D eigenvalue weighted by atomic mass is 16.1. The van der Waals surface area contributed by atoms with Crippen LogP contribution in [0.4, 0.5) is 11.9 Å². The largest absolute Gasteiger partial charge is 0.324 e. The van der Waals surface area contributed by atoms with Crippen LogP contribution in [-0.2, 0) is 4.79 Å². The SMILES string of the molecule is CC(=O)Nc1nc2n(n1)[C@@H](c1ccccc1)C=C(c1ccccc1)N2. The number of nitrogens with zero attached hydrogens (tertiary/aromatic N) is 3. The summed E-state index contributed by atoms with van der Waals surface area (Å²) in [5.41, 5.74) is 3.13. The third kappa shape index (κ3) is 3.01. The average Bonchev–Trinajstić information content (AvgIpc) is 3.04. The van der Waals surface area contributed by atoms with Crippen molar-refractivity contribution < 1.29 is 4.79 Å². The number of benzene rings is 2. The van der Waals surface area contributed by atoms with E-state index in [1.807, 2.05) is 48.5 Å². The normalized spacial score (nSPS) is 15.7. The standard InChI is InChI=1S/C19H17N5O/c1-13(25)20-18-22-19-21-16(14-8-4-2-5-9-14)12-17(24(19)23-18)15-10-6-3-7-11-15/h2-12,17H,1H3,(H2,20,21,22,23,25)/t17-/m1/s1. The molecule has 124 valence electrons. The molecule has 1 aliphatic heterocycles. The fourth-order valence-electron chi connectivity index (χ4n) is 2.88. The van der Waals surface area contributed by atoms with Gasteiger partial charge in [-0.15, -0.1) is 5.10 Å². The summed E-state index contributed by atoms with van der Waals surface area (Å²) in [7, 11) is 0. The molecule has 0 unspecified atom stereocenters. The number of carbonyl (C=O) groups excluding carboxylic acids is 1. The highest BCUT2D eigenvalue weighted by molar-refractivity contribution is 5.87. The monoisotopic (exact) mass is 331 g/mol. The minimum Gasteiger partial charge on any atom is -0.324 e. The molecule has 6 heteroatoms. The molecule has 0 saturated carbocycles. The van der Waals surface area contributed by atoms with Crippen LogP contribution in [0.15, 0.2) is 66.7 Å². The Balaban J connectivity index is 1.80. The molecule has 4 rings (SSSR count). The van der Waals surface area contributed by atoms with Gasteiger partial charge in [0.15, 0.2) is 0 Å². The van der Waals surface area contributed by atoms with Crippen LogP contribution in [-0.4, -0.2) is 20.7 Å². The third-order valence-electron chi connectivity index (χ3n) is 3.98. The number of allylic oxidation sites excluding steroid dienone is 1. The second-order valence-electron chi connectivity index (χ2n) is 5.81. The van der Waals surface area contributed by atoms with Crippen LogP contribution < -0.4 is 10.6 Å². The molecule has 25 heavy (non-hydrogen) atoms. The molecule has 1 aromatic heterocycles. The van der Waals surface area contributed by atoms with Gasteiger partial charge in [0.05, 0.1) is 0 Å². The summed E-state index contributed by atoms with van der Waals surface area (Å²) in [5.74, 6) is 0.688. The first kappa shape index (κ1) is 15.1. The van der Waals surface area contributed by atoms with E-state index < -0.39 is 0 Å². The van der Waals surface area contributed by atoms with Crippen molar-refractivity contribution in [3.05, 3.63) is 77.9 Å². The van der Waals surface area contributed by atoms with E-state index in [-0.39, 0.29) is 11.9 Å². The first-order valence-corrected chi connectivity index (χ1v) is 8.04. The van der Waals surface area contributed by atoms with Gasteiger partial charge in [-0.1, -0.05) is 60.7 Å². The van der Waals surface area contributed by atoms with Gasteiger partial charge in [0.2, 0.25) is 11.9 Å². The summed E-state index contributed by atoms with van der Waals surface area (Å²) in [6.45, 7) is 1.44. The van der Waals surface area contributed by atoms with Gasteiger partial charge in [0.25, 0.3) is 5.95 Å². The first-order chi connectivity index (χ1) is 12.2. The predicted octanol–water partition coefficient (Wildman–Crippen LogP) is 3.29. The fourth-order valence-corrected chi connectivity index (χ4v) is 2.88. The summed E-state index contributed by atoms with van der Waals surface area (Å²) in [4.78, 5) is 15.7. The number of aromatic nitrogens is 3. The van der Waals surface area contributed by atoms with Gasteiger partial charge < -0.3 is 5.32 Å². The number of fused-ring (bicyclic) bond motifs is 1. The lowest BCUT2D eigenvalue weighted by Crippen LogP contribution is -2.20. The number of anilines is 2. The van der Waals surface area contributed by atoms with E-state index in [1.165, 1.54) is 6.92 Å². The molecule has 0 aliphatic carbocycles. The van der Waals surface area contributed by atoms with E-state index >= 15 is 0 Å². The summed E-state index contributed by atoms with van der Waals surface area (Å²) >= 11 is 0. The zero-order chi connectivity index (χ0) is 17.2. The molecule has 0 fully saturated rings. The lowest BCUT2D eigenvalue weighted by Gasteiger charge is -2.24. The van der Waals surface area contributed by atoms with Crippen LogP contribution in [0.3, 0.4) is 0 Å². The van der Waals surface area contributed by atoms with E-state index in [9.17, 15) is 4.79 Å². The second kappa shape index (κ2) is 6.24. The van der Waals surface area contributed by atoms with Gasteiger partial charge in [-0.2, -0.15) is 4.98 Å². The van der Waals surface area contributed by atoms with E-state index in [4.69, 9.17) is 0 Å². The van der Waals surface area contributed by atoms with Crippen LogP contribution in [0.25, 0.3) is 5.70 Å². The average molecular weight is 331 g/mol. The van der Waals surface area contributed by atoms with Crippen molar-refractivity contribution in [2.75, 3.05) is 10.6 Å². The zero-order valence-corrected chi connectivity index (χ0v) is 13.7. The zero-order valence-electron chi connectivity index (χ0n) is 13.7. The fraction of sp³-hybridized carbons (Fsp3) is 0.105. The van der Waals surface area contributed by atoms with Crippen molar-refractivity contribution in [1.29, 1.82) is 0 Å². The van der Waals surface area contributed by atoms with Gasteiger partial charge in [-0.25, -0.2) is 4.68 Å². The molecule has 1 atom stereocenters. The van der Waals surface area contributed by atoms with Gasteiger partial charge in [-0.05, 0) is 17.2 Å². The van der Waals surface area contributed by atoms with Crippen molar-refractivity contribution in [2.45, 2.75) is 13.0 Å². The first-order valence-electron chi connectivity index (χ1n) is 8.04. The number of amides is 1. The molecule has 2 aromatic carbocycles. The van der Waals surface area contributed by atoms with Crippen LogP contribution in [0.2, 0.25) is 0 Å². The van der Waals surface area contributed by atoms with E-state index in [0.717, 1.165) is 16.8 Å². The Morgan fingerprint density at radius 1 is 1.08 bits per heavy atom. The highest BCUT2D eigenvalue weighted by Crippen LogP contribution is 2.32. The van der Waals surface area contributed by atoms with Crippen LogP contribution >= 0.6 is 0 Å². The molecule has 3 aromatic rings. The molecule has 1 amide bonds. The van der Waals surface area contributed by atoms with Gasteiger partial charge >= 0.3 is 0 Å². The van der Waals surface area contributed by atoms with Crippen LogP contribution in [0, 0.1) is 0 Å². The Hall–Kier alpha value is -3.41. The molecule has 0 saturated heterocycles. The number of carbonyl (C=O) groups is 1. The van der Waals surface area contributed by atoms with E-state index in [1.54, 1.807) is 4.68 Å². The Kier molecular flexibility index (Phi) is 3.78. The molecule has 2 N–H and O–H groups in total. The molecule has 0 spiro atoms. The molecule has 2 heterocycles. The van der Waals surface area contributed by atoms with Gasteiger partial charge in [0.1, 0.15) is 6.04 Å². The maximum Gasteiger partial charge on any atom is 0.250 e. The molecule has 0 radical (unpaired) electrons. The van der Waals surface area contributed by atoms with Gasteiger partial charge in [0, 0.05) is 12.6 Å². The molecule has 1 aliphatic rings. The quantitative estimate of drug-likeness (QED) is 0.772. The Morgan fingerprint density at radius 2 is 1.76 bits per heavy atom. The van der Waals surface area contributed by atoms with Crippen LogP contribution in [0.5, 0.6) is 0 Å². The minimum atomic E-state index is -0.199. The number of hydrogen-bond donors (Lipinski definition) is 2. The van der Waals surface area contributed by atoms with Crippen molar-refractivity contribution in [2.24, 2.45) is 0 Å². The second-order valence-corrected chi connectivity index (χ2v) is 5.81. The highest BCUT2D eigenvalue weighted by Gasteiger charge is 2.25. The van der Waals surface area contributed by atoms with Crippen molar-refractivity contribution in [3.8, 4) is 0 Å². The van der Waals surface area contributed by atoms with Gasteiger partial charge in [-0.3, -0.25) is 10.1 Å². The molecule has 6 nitrogen and oxygen atoms in total. The Morgan fingerprint density at radius 3 is 2.44 bits per heavy atom. The predicted molar refractivity (Wildman–Crippen MR) is 96.9 cm³/mol. The van der Waals surface area contributed by atoms with Crippen molar-refractivity contribution in [1.82, 2.24) is 14.8 Å². The lowest BCUT2D eigenvalue weighted by molar-refractivity contribution is -0.114. The van der Waals surface area contributed by atoms with Crippen molar-refractivity contribution in [3.63, 3.8) is 0 Å². The lowest BCUT2D eigenvalue weighted by atomic mass is 10.0. The van der Waals surface area contributed by atoms with E-state index in [0.29, 0.717) is 11.9 Å². The maximum absolute atomic E-state index is 11.3. The Bertz CT molecular complexity index is 931. The summed E-state index contributed by atoms with van der Waals surface area (Å²) in [6, 6.07) is 20.0. The third-order valence-corrected chi connectivity index (χ3v) is 3.98. The smallest absolute Gasteiger partial charge is 0.250 e. The van der Waals surface area contributed by atoms with E-state index in [2.05, 4.69) is 38.9 Å². The molecular weight excluding hydrogens is 314 g/mol. The Labute approximate surface area is 145 Å². The summed E-state index contributed by atoms with van der Waals surface area (Å²) in [6.07, 6.45) is 2.11. The van der Waals surface area contributed by atoms with Crippen molar-refractivity contribution >= 4 is 23.5 Å². The number of hydrogen-bond acceptors (Lipinski definition) is 4. The van der Waals surface area contributed by atoms with Crippen LogP contribution in [0.1, 0.15) is 24.1 Å². The summed E-state index contributed by atoms with van der Waals surface area (Å²) < 4.78 is 1.78. The topological polar surface area (TPSA) is 71.8 Å². The number of nitrogens with one attached hydrogen (secondary N) is 2. The molecular formula is C19H17N5O. The number of rotatable bonds is 3. The minimum absolute atomic E-state index is 0.109. The summed E-state index contributed by atoms with van der Waals surface area (Å²) in [5, 5.41) is 10.4. The molecule has 0 bridgehead atoms. The maximum atomic E-state index is 11.3.